The van der Waals surface area contributed by atoms with Crippen molar-refractivity contribution >= 4 is 38.6 Å². The minimum absolute atomic E-state index is 0.114. The lowest BCUT2D eigenvalue weighted by Gasteiger charge is -2.26. The Morgan fingerprint density at radius 2 is 1.93 bits per heavy atom. The van der Waals surface area contributed by atoms with Crippen LogP contribution in [0.3, 0.4) is 0 Å². The van der Waals surface area contributed by atoms with Gasteiger partial charge < -0.3 is 5.32 Å². The van der Waals surface area contributed by atoms with Crippen molar-refractivity contribution in [3.05, 3.63) is 74.1 Å². The zero-order valence-corrected chi connectivity index (χ0v) is 19.3. The van der Waals surface area contributed by atoms with Gasteiger partial charge in [0.25, 0.3) is 5.91 Å². The monoisotopic (exact) mass is 460 g/mol. The largest absolute Gasteiger partial charge is 0.344 e. The summed E-state index contributed by atoms with van der Waals surface area (Å²) in [6, 6.07) is 12.2. The van der Waals surface area contributed by atoms with Gasteiger partial charge in [0.05, 0.1) is 10.9 Å². The Labute approximate surface area is 185 Å². The molecule has 3 heterocycles. The summed E-state index contributed by atoms with van der Waals surface area (Å²) >= 11 is 3.27. The number of carbonyl (C=O) groups excluding carboxylic acids is 1. The fourth-order valence-electron chi connectivity index (χ4n) is 3.63. The van der Waals surface area contributed by atoms with Crippen molar-refractivity contribution in [1.29, 1.82) is 0 Å². The van der Waals surface area contributed by atoms with Crippen molar-refractivity contribution < 1.29 is 13.2 Å². The number of carbonyl (C=O) groups is 1. The van der Waals surface area contributed by atoms with Gasteiger partial charge >= 0.3 is 0 Å². The Morgan fingerprint density at radius 1 is 1.10 bits per heavy atom. The van der Waals surface area contributed by atoms with Crippen molar-refractivity contribution in [1.82, 2.24) is 9.62 Å². The van der Waals surface area contributed by atoms with Gasteiger partial charge in [0.2, 0.25) is 10.0 Å². The van der Waals surface area contributed by atoms with Gasteiger partial charge in [0, 0.05) is 28.4 Å². The van der Waals surface area contributed by atoms with Crippen molar-refractivity contribution in [3.8, 4) is 0 Å². The standard InChI is InChI=1S/C22H24N2O3S3/c1-15(2)21(20-7-4-11-28-20)23-22(25)16-5-3-6-18(13-16)30(26,27)24-10-8-19-17(14-24)9-12-29-19/h3-7,9,11-13,15,21H,8,10,14H2,1-2H3,(H,23,25). The number of rotatable bonds is 6. The first-order valence-corrected chi connectivity index (χ1v) is 13.1. The molecule has 0 aliphatic carbocycles. The molecule has 0 bridgehead atoms. The number of nitrogens with one attached hydrogen (secondary N) is 1. The summed E-state index contributed by atoms with van der Waals surface area (Å²) in [6.45, 7) is 4.95. The zero-order valence-electron chi connectivity index (χ0n) is 16.9. The van der Waals surface area contributed by atoms with E-state index in [1.54, 1.807) is 40.9 Å². The molecule has 5 nitrogen and oxygen atoms in total. The molecule has 0 saturated carbocycles. The molecule has 1 N–H and O–H groups in total. The average molecular weight is 461 g/mol. The molecule has 1 aliphatic rings. The van der Waals surface area contributed by atoms with Gasteiger partial charge in [0.15, 0.2) is 0 Å². The topological polar surface area (TPSA) is 66.5 Å². The van der Waals surface area contributed by atoms with Gasteiger partial charge in [-0.3, -0.25) is 4.79 Å². The van der Waals surface area contributed by atoms with Crippen LogP contribution in [0.15, 0.2) is 58.1 Å². The number of thiophene rings is 2. The molecule has 3 aromatic rings. The summed E-state index contributed by atoms with van der Waals surface area (Å²) < 4.78 is 27.9. The maximum Gasteiger partial charge on any atom is 0.251 e. The molecular formula is C22H24N2O3S3. The summed E-state index contributed by atoms with van der Waals surface area (Å²) in [5, 5.41) is 7.06. The molecule has 0 saturated heterocycles. The highest BCUT2D eigenvalue weighted by molar-refractivity contribution is 7.89. The highest BCUT2D eigenvalue weighted by atomic mass is 32.2. The van der Waals surface area contributed by atoms with Crippen molar-refractivity contribution in [2.75, 3.05) is 6.54 Å². The van der Waals surface area contributed by atoms with E-state index in [0.717, 1.165) is 16.9 Å². The summed E-state index contributed by atoms with van der Waals surface area (Å²) in [5.74, 6) is -0.0504. The second kappa shape index (κ2) is 8.63. The Kier molecular flexibility index (Phi) is 6.11. The van der Waals surface area contributed by atoms with Crippen LogP contribution in [0.25, 0.3) is 0 Å². The molecule has 0 spiro atoms. The van der Waals surface area contributed by atoms with Crippen LogP contribution in [-0.4, -0.2) is 25.2 Å². The maximum absolute atomic E-state index is 13.2. The number of amides is 1. The lowest BCUT2D eigenvalue weighted by molar-refractivity contribution is 0.0926. The fraction of sp³-hybridized carbons (Fsp3) is 0.318. The first-order valence-electron chi connectivity index (χ1n) is 9.86. The minimum Gasteiger partial charge on any atom is -0.344 e. The molecule has 2 aromatic heterocycles. The highest BCUT2D eigenvalue weighted by Crippen LogP contribution is 2.29. The van der Waals surface area contributed by atoms with Gasteiger partial charge in [-0.25, -0.2) is 8.42 Å². The molecule has 8 heteroatoms. The van der Waals surface area contributed by atoms with Crippen LogP contribution < -0.4 is 5.32 Å². The molecule has 30 heavy (non-hydrogen) atoms. The molecular weight excluding hydrogens is 436 g/mol. The summed E-state index contributed by atoms with van der Waals surface area (Å²) in [5.41, 5.74) is 1.42. The third-order valence-electron chi connectivity index (χ3n) is 5.31. The quantitative estimate of drug-likeness (QED) is 0.581. The van der Waals surface area contributed by atoms with Crippen molar-refractivity contribution in [2.45, 2.75) is 37.8 Å². The van der Waals surface area contributed by atoms with Crippen LogP contribution in [-0.2, 0) is 23.0 Å². The van der Waals surface area contributed by atoms with E-state index in [-0.39, 0.29) is 22.8 Å². The van der Waals surface area contributed by atoms with E-state index < -0.39 is 10.0 Å². The smallest absolute Gasteiger partial charge is 0.251 e. The van der Waals surface area contributed by atoms with Crippen LogP contribution in [0.1, 0.15) is 45.6 Å². The van der Waals surface area contributed by atoms with Crippen molar-refractivity contribution in [2.24, 2.45) is 5.92 Å². The number of hydrogen-bond donors (Lipinski definition) is 1. The van der Waals surface area contributed by atoms with Crippen LogP contribution in [0.5, 0.6) is 0 Å². The predicted molar refractivity (Wildman–Crippen MR) is 121 cm³/mol. The van der Waals surface area contributed by atoms with E-state index in [1.165, 1.54) is 15.2 Å². The van der Waals surface area contributed by atoms with E-state index in [9.17, 15) is 13.2 Å². The lowest BCUT2D eigenvalue weighted by Crippen LogP contribution is -2.35. The van der Waals surface area contributed by atoms with Crippen LogP contribution in [0.4, 0.5) is 0 Å². The Balaban J connectivity index is 1.55. The average Bonchev–Trinajstić information content (AvgIpc) is 3.43. The summed E-state index contributed by atoms with van der Waals surface area (Å²) in [7, 11) is -3.67. The third kappa shape index (κ3) is 4.23. The molecule has 1 unspecified atom stereocenters. The number of hydrogen-bond acceptors (Lipinski definition) is 5. The van der Waals surface area contributed by atoms with Gasteiger partial charge in [0.1, 0.15) is 0 Å². The third-order valence-corrected chi connectivity index (χ3v) is 9.13. The highest BCUT2D eigenvalue weighted by Gasteiger charge is 2.29. The van der Waals surface area contributed by atoms with Gasteiger partial charge in [-0.1, -0.05) is 26.0 Å². The van der Waals surface area contributed by atoms with Gasteiger partial charge in [-0.15, -0.1) is 22.7 Å². The molecule has 158 valence electrons. The van der Waals surface area contributed by atoms with Crippen LogP contribution in [0, 0.1) is 5.92 Å². The second-order valence-electron chi connectivity index (χ2n) is 7.70. The van der Waals surface area contributed by atoms with Crippen LogP contribution >= 0.6 is 22.7 Å². The maximum atomic E-state index is 13.2. The Bertz CT molecular complexity index is 1130. The second-order valence-corrected chi connectivity index (χ2v) is 11.6. The van der Waals surface area contributed by atoms with E-state index in [2.05, 4.69) is 19.2 Å². The van der Waals surface area contributed by atoms with E-state index >= 15 is 0 Å². The summed E-state index contributed by atoms with van der Waals surface area (Å²) in [4.78, 5) is 15.4. The molecule has 4 rings (SSSR count). The molecule has 0 fully saturated rings. The van der Waals surface area contributed by atoms with Gasteiger partial charge in [-0.05, 0) is 59.0 Å². The normalized spacial score (nSPS) is 15.7. The first-order chi connectivity index (χ1) is 14.4. The van der Waals surface area contributed by atoms with Crippen LogP contribution in [0.2, 0.25) is 0 Å². The number of fused-ring (bicyclic) bond motifs is 1. The SMILES string of the molecule is CC(C)C(NC(=O)c1cccc(S(=O)(=O)N2CCc3sccc3C2)c1)c1cccs1. The minimum atomic E-state index is -3.67. The predicted octanol–water partition coefficient (Wildman–Crippen LogP) is 4.68. The zero-order chi connectivity index (χ0) is 21.3. The van der Waals surface area contributed by atoms with Gasteiger partial charge in [-0.2, -0.15) is 4.31 Å². The molecule has 1 aromatic carbocycles. The molecule has 1 atom stereocenters. The Morgan fingerprint density at radius 3 is 2.67 bits per heavy atom. The first kappa shape index (κ1) is 21.2. The summed E-state index contributed by atoms with van der Waals surface area (Å²) in [6.07, 6.45) is 0.725. The molecule has 1 amide bonds. The van der Waals surface area contributed by atoms with E-state index in [0.29, 0.717) is 18.7 Å². The number of sulfonamides is 1. The molecule has 1 aliphatic heterocycles. The Hall–Kier alpha value is -2.00. The number of benzene rings is 1. The van der Waals surface area contributed by atoms with Crippen molar-refractivity contribution in [3.63, 3.8) is 0 Å². The van der Waals surface area contributed by atoms with E-state index in [4.69, 9.17) is 0 Å². The number of nitrogens with zero attached hydrogens (tertiary/aromatic N) is 1. The van der Waals surface area contributed by atoms with E-state index in [1.807, 2.05) is 29.0 Å². The fourth-order valence-corrected chi connectivity index (χ4v) is 6.94. The lowest BCUT2D eigenvalue weighted by atomic mass is 10.0. The molecule has 0 radical (unpaired) electrons.